The summed E-state index contributed by atoms with van der Waals surface area (Å²) in [7, 11) is 2.18. The van der Waals surface area contributed by atoms with Gasteiger partial charge in [-0.15, -0.1) is 0 Å². The molecule has 1 aromatic heterocycles. The molecule has 0 bridgehead atoms. The predicted octanol–water partition coefficient (Wildman–Crippen LogP) is 5.65. The minimum absolute atomic E-state index is 0.328. The smallest absolute Gasteiger partial charge is 0.270 e. The predicted molar refractivity (Wildman–Crippen MR) is 161 cm³/mol. The molecule has 9 nitrogen and oxygen atoms in total. The van der Waals surface area contributed by atoms with Crippen LogP contribution in [0.5, 0.6) is 0 Å². The van der Waals surface area contributed by atoms with Crippen molar-refractivity contribution in [2.75, 3.05) is 53.2 Å². The van der Waals surface area contributed by atoms with E-state index >= 15 is 0 Å². The summed E-state index contributed by atoms with van der Waals surface area (Å²) in [4.78, 5) is 35.6. The summed E-state index contributed by atoms with van der Waals surface area (Å²) >= 11 is 16.7. The van der Waals surface area contributed by atoms with Crippen molar-refractivity contribution in [3.8, 4) is 0 Å². The highest BCUT2D eigenvalue weighted by Gasteiger charge is 2.41. The van der Waals surface area contributed by atoms with Gasteiger partial charge in [-0.05, 0) is 67.2 Å². The Morgan fingerprint density at radius 3 is 2.49 bits per heavy atom. The molecule has 1 N–H and O–H groups in total. The van der Waals surface area contributed by atoms with Crippen LogP contribution in [-0.4, -0.2) is 72.0 Å². The molecular weight excluding hydrogens is 603 g/mol. The third-order valence-corrected chi connectivity index (χ3v) is 8.79. The molecular formula is C27H27BrCl2N8O. The largest absolute Gasteiger partial charge is 0.368 e. The number of halogens is 3. The van der Waals surface area contributed by atoms with Gasteiger partial charge in [-0.2, -0.15) is 4.98 Å². The number of para-hydroxylation sites is 1. The van der Waals surface area contributed by atoms with Gasteiger partial charge in [0, 0.05) is 48.1 Å². The van der Waals surface area contributed by atoms with Crippen LogP contribution < -0.4 is 20.0 Å². The van der Waals surface area contributed by atoms with Gasteiger partial charge in [0.05, 0.1) is 28.0 Å². The number of hydrogen-bond donors (Lipinski definition) is 1. The number of carbonyl (C=O) groups excluding carboxylic acids is 1. The fraction of sp³-hybridized carbons (Fsp3) is 0.333. The van der Waals surface area contributed by atoms with E-state index in [0.717, 1.165) is 28.9 Å². The number of carbonyl (C=O) groups is 1. The average molecular weight is 630 g/mol. The number of nitrogens with one attached hydrogen (secondary N) is 1. The number of benzene rings is 2. The first kappa shape index (κ1) is 26.3. The lowest BCUT2D eigenvalue weighted by Crippen LogP contribution is -2.55. The Bertz CT molecular complexity index is 1470. The average Bonchev–Trinajstić information content (AvgIpc) is 3.39. The van der Waals surface area contributed by atoms with Crippen LogP contribution in [0.2, 0.25) is 10.0 Å². The third kappa shape index (κ3) is 4.63. The number of fused-ring (bicyclic) bond motifs is 3. The molecule has 3 aliphatic heterocycles. The van der Waals surface area contributed by atoms with E-state index < -0.39 is 0 Å². The Morgan fingerprint density at radius 1 is 1.08 bits per heavy atom. The minimum atomic E-state index is -0.328. The van der Waals surface area contributed by atoms with Crippen molar-refractivity contribution in [1.82, 2.24) is 14.9 Å². The molecule has 1 fully saturated rings. The summed E-state index contributed by atoms with van der Waals surface area (Å²) in [5.74, 6) is 1.02. The van der Waals surface area contributed by atoms with E-state index in [1.54, 1.807) is 18.2 Å². The summed E-state index contributed by atoms with van der Waals surface area (Å²) < 4.78 is 0.991. The van der Waals surface area contributed by atoms with Gasteiger partial charge in [-0.3, -0.25) is 19.6 Å². The lowest BCUT2D eigenvalue weighted by molar-refractivity contribution is 0.1000. The van der Waals surface area contributed by atoms with Gasteiger partial charge >= 0.3 is 0 Å². The van der Waals surface area contributed by atoms with Crippen LogP contribution in [0, 0.1) is 0 Å². The van der Waals surface area contributed by atoms with Crippen molar-refractivity contribution in [3.63, 3.8) is 0 Å². The molecule has 2 atom stereocenters. The van der Waals surface area contributed by atoms with E-state index in [9.17, 15) is 4.79 Å². The van der Waals surface area contributed by atoms with E-state index in [0.29, 0.717) is 64.2 Å². The molecule has 0 unspecified atom stereocenters. The second kappa shape index (κ2) is 10.2. The van der Waals surface area contributed by atoms with E-state index in [4.69, 9.17) is 28.2 Å². The Balaban J connectivity index is 1.27. The van der Waals surface area contributed by atoms with E-state index in [-0.39, 0.29) is 5.91 Å². The van der Waals surface area contributed by atoms with Gasteiger partial charge in [0.2, 0.25) is 11.9 Å². The van der Waals surface area contributed by atoms with Gasteiger partial charge in [0.15, 0.2) is 5.82 Å². The number of nitrogens with zero attached hydrogens (tertiary/aromatic N) is 7. The molecule has 0 saturated carbocycles. The summed E-state index contributed by atoms with van der Waals surface area (Å²) in [6.07, 6.45) is 1.54. The minimum Gasteiger partial charge on any atom is -0.368 e. The van der Waals surface area contributed by atoms with Gasteiger partial charge in [0.25, 0.3) is 5.91 Å². The summed E-state index contributed by atoms with van der Waals surface area (Å²) in [6, 6.07) is 12.2. The Labute approximate surface area is 245 Å². The second-order valence-electron chi connectivity index (χ2n) is 10.0. The number of guanidine groups is 1. The SMILES string of the molecule is C[C@@H]1CN(c2ccc(Nc3ncc4c(n3)N3CCN=C3N(c3c(Cl)cccc3Cl)C4=O)cc2Br)C[C@H](C)N1C. The second-order valence-corrected chi connectivity index (χ2v) is 11.7. The molecule has 4 heterocycles. The molecule has 1 saturated heterocycles. The standard InChI is InChI=1S/C27H27BrCl2N8O/c1-15-13-36(14-16(2)35(15)3)22-8-7-17(11-19(22)28)33-26-32-12-18-24(34-26)37-10-9-31-27(37)38(25(18)39)23-20(29)5-4-6-21(23)30/h4-8,11-12,15-16H,9-10,13-14H2,1-3H3,(H,32,33,34)/t15-,16+. The zero-order chi connectivity index (χ0) is 27.4. The lowest BCUT2D eigenvalue weighted by atomic mass is 10.1. The maximum absolute atomic E-state index is 13.6. The molecule has 39 heavy (non-hydrogen) atoms. The third-order valence-electron chi connectivity index (χ3n) is 7.54. The highest BCUT2D eigenvalue weighted by atomic mass is 79.9. The molecule has 1 amide bonds. The van der Waals surface area contributed by atoms with Crippen LogP contribution in [0.25, 0.3) is 0 Å². The number of piperazine rings is 1. The topological polar surface area (TPSA) is 80.2 Å². The molecule has 6 rings (SSSR count). The number of hydrogen-bond acceptors (Lipinski definition) is 8. The van der Waals surface area contributed by atoms with E-state index in [1.165, 1.54) is 11.1 Å². The number of amides is 1. The van der Waals surface area contributed by atoms with Crippen molar-refractivity contribution in [2.45, 2.75) is 25.9 Å². The number of aliphatic imine (C=N–C) groups is 1. The van der Waals surface area contributed by atoms with Crippen molar-refractivity contribution >= 4 is 79.8 Å². The van der Waals surface area contributed by atoms with Crippen LogP contribution in [0.1, 0.15) is 24.2 Å². The summed E-state index contributed by atoms with van der Waals surface area (Å²) in [5.41, 5.74) is 2.74. The quantitative estimate of drug-likeness (QED) is 0.399. The molecule has 0 spiro atoms. The van der Waals surface area contributed by atoms with Crippen LogP contribution in [0.4, 0.5) is 28.8 Å². The van der Waals surface area contributed by atoms with Crippen LogP contribution in [0.3, 0.4) is 0 Å². The van der Waals surface area contributed by atoms with Gasteiger partial charge < -0.3 is 10.2 Å². The van der Waals surface area contributed by atoms with Crippen LogP contribution in [-0.2, 0) is 0 Å². The monoisotopic (exact) mass is 628 g/mol. The zero-order valence-electron chi connectivity index (χ0n) is 21.7. The lowest BCUT2D eigenvalue weighted by Gasteiger charge is -2.43. The number of aromatic nitrogens is 2. The first-order chi connectivity index (χ1) is 18.7. The molecule has 3 aliphatic rings. The van der Waals surface area contributed by atoms with Crippen molar-refractivity contribution < 1.29 is 4.79 Å². The highest BCUT2D eigenvalue weighted by Crippen LogP contribution is 2.40. The van der Waals surface area contributed by atoms with Crippen LogP contribution >= 0.6 is 39.1 Å². The highest BCUT2D eigenvalue weighted by molar-refractivity contribution is 9.10. The van der Waals surface area contributed by atoms with Crippen molar-refractivity contribution in [1.29, 1.82) is 0 Å². The Morgan fingerprint density at radius 2 is 1.79 bits per heavy atom. The number of rotatable bonds is 4. The Kier molecular flexibility index (Phi) is 6.91. The van der Waals surface area contributed by atoms with Gasteiger partial charge in [0.1, 0.15) is 5.56 Å². The van der Waals surface area contributed by atoms with E-state index in [1.807, 2.05) is 17.0 Å². The maximum Gasteiger partial charge on any atom is 0.270 e. The fourth-order valence-corrected chi connectivity index (χ4v) is 6.50. The molecule has 202 valence electrons. The first-order valence-electron chi connectivity index (χ1n) is 12.7. The summed E-state index contributed by atoms with van der Waals surface area (Å²) in [6.45, 7) is 7.53. The number of anilines is 5. The summed E-state index contributed by atoms with van der Waals surface area (Å²) in [5, 5.41) is 4.02. The molecule has 12 heteroatoms. The van der Waals surface area contributed by atoms with Crippen LogP contribution in [0.15, 0.2) is 52.1 Å². The molecule has 0 aliphatic carbocycles. The van der Waals surface area contributed by atoms with Crippen molar-refractivity contribution in [3.05, 3.63) is 62.7 Å². The Hall–Kier alpha value is -2.92. The number of likely N-dealkylation sites (N-methyl/N-ethyl adjacent to an activating group) is 1. The first-order valence-corrected chi connectivity index (χ1v) is 14.3. The van der Waals surface area contributed by atoms with E-state index in [2.05, 4.69) is 68.0 Å². The zero-order valence-corrected chi connectivity index (χ0v) is 24.8. The van der Waals surface area contributed by atoms with Gasteiger partial charge in [-0.25, -0.2) is 9.88 Å². The molecule has 0 radical (unpaired) electrons. The normalized spacial score (nSPS) is 21.1. The molecule has 2 aromatic carbocycles. The fourth-order valence-electron chi connectivity index (χ4n) is 5.30. The molecule has 3 aromatic rings. The maximum atomic E-state index is 13.6. The van der Waals surface area contributed by atoms with Crippen molar-refractivity contribution in [2.24, 2.45) is 4.99 Å². The van der Waals surface area contributed by atoms with Gasteiger partial charge in [-0.1, -0.05) is 29.3 Å².